The molecule has 2 aromatic rings. The Bertz CT molecular complexity index is 418. The van der Waals surface area contributed by atoms with Gasteiger partial charge in [-0.3, -0.25) is 0 Å². The van der Waals surface area contributed by atoms with Gasteiger partial charge in [-0.15, -0.1) is 0 Å². The van der Waals surface area contributed by atoms with Crippen molar-refractivity contribution in [2.75, 3.05) is 0 Å². The highest BCUT2D eigenvalue weighted by molar-refractivity contribution is 6.30. The molecule has 0 amide bonds. The molecule has 0 aliphatic rings. The molecule has 0 bridgehead atoms. The molecule has 0 atom stereocenters. The van der Waals surface area contributed by atoms with Crippen LogP contribution >= 0.6 is 11.6 Å². The Labute approximate surface area is 82.4 Å². The standard InChI is InChI=1S/C11H10ClN/c1-8-5-11(13-7-8)9-3-2-4-10(12)6-9/h2-7,13H,1H3. The fourth-order valence-corrected chi connectivity index (χ4v) is 1.52. The van der Waals surface area contributed by atoms with E-state index in [2.05, 4.69) is 18.0 Å². The minimum Gasteiger partial charge on any atom is -0.361 e. The van der Waals surface area contributed by atoms with Crippen LogP contribution in [0.15, 0.2) is 36.5 Å². The SMILES string of the molecule is Cc1c[nH]c(-c2cccc(Cl)c2)c1. The summed E-state index contributed by atoms with van der Waals surface area (Å²) in [5, 5.41) is 0.768. The monoisotopic (exact) mass is 191 g/mol. The first-order chi connectivity index (χ1) is 6.25. The second-order valence-corrected chi connectivity index (χ2v) is 3.54. The van der Waals surface area contributed by atoms with Crippen molar-refractivity contribution < 1.29 is 0 Å². The maximum Gasteiger partial charge on any atom is 0.0457 e. The maximum atomic E-state index is 5.89. The summed E-state index contributed by atoms with van der Waals surface area (Å²) in [4.78, 5) is 3.19. The van der Waals surface area contributed by atoms with Crippen molar-refractivity contribution in [3.63, 3.8) is 0 Å². The second-order valence-electron chi connectivity index (χ2n) is 3.10. The minimum absolute atomic E-state index is 0.768. The molecule has 2 rings (SSSR count). The lowest BCUT2D eigenvalue weighted by Gasteiger charge is -1.97. The molecule has 1 nitrogen and oxygen atoms in total. The highest BCUT2D eigenvalue weighted by Crippen LogP contribution is 2.21. The summed E-state index contributed by atoms with van der Waals surface area (Å²) in [5.74, 6) is 0. The summed E-state index contributed by atoms with van der Waals surface area (Å²) in [6.07, 6.45) is 1.98. The molecule has 2 heteroatoms. The number of aromatic nitrogens is 1. The predicted octanol–water partition coefficient (Wildman–Crippen LogP) is 3.64. The lowest BCUT2D eigenvalue weighted by atomic mass is 10.1. The number of aromatic amines is 1. The molecule has 0 saturated heterocycles. The van der Waals surface area contributed by atoms with Gasteiger partial charge in [-0.05, 0) is 36.2 Å². The predicted molar refractivity (Wildman–Crippen MR) is 56.0 cm³/mol. The average Bonchev–Trinajstić information content (AvgIpc) is 2.52. The first kappa shape index (κ1) is 8.39. The highest BCUT2D eigenvalue weighted by atomic mass is 35.5. The summed E-state index contributed by atoms with van der Waals surface area (Å²) < 4.78 is 0. The third-order valence-corrected chi connectivity index (χ3v) is 2.20. The summed E-state index contributed by atoms with van der Waals surface area (Å²) in [6, 6.07) is 9.92. The number of nitrogens with one attached hydrogen (secondary N) is 1. The number of H-pyrrole nitrogens is 1. The number of hydrogen-bond donors (Lipinski definition) is 1. The molecule has 0 spiro atoms. The lowest BCUT2D eigenvalue weighted by molar-refractivity contribution is 1.38. The summed E-state index contributed by atoms with van der Waals surface area (Å²) >= 11 is 5.89. The zero-order chi connectivity index (χ0) is 9.26. The molecule has 1 aromatic carbocycles. The van der Waals surface area contributed by atoms with Gasteiger partial charge in [0.15, 0.2) is 0 Å². The number of benzene rings is 1. The van der Waals surface area contributed by atoms with E-state index in [-0.39, 0.29) is 0 Å². The molecule has 0 aliphatic carbocycles. The normalized spacial score (nSPS) is 10.3. The Balaban J connectivity index is 2.46. The Morgan fingerprint density at radius 2 is 2.08 bits per heavy atom. The molecular formula is C11H10ClN. The Kier molecular flexibility index (Phi) is 2.11. The van der Waals surface area contributed by atoms with E-state index in [1.165, 1.54) is 5.56 Å². The van der Waals surface area contributed by atoms with Crippen molar-refractivity contribution >= 4 is 11.6 Å². The van der Waals surface area contributed by atoms with Gasteiger partial charge in [0.25, 0.3) is 0 Å². The maximum absolute atomic E-state index is 5.89. The van der Waals surface area contributed by atoms with Crippen LogP contribution in [0.4, 0.5) is 0 Å². The zero-order valence-electron chi connectivity index (χ0n) is 7.34. The van der Waals surface area contributed by atoms with Crippen LogP contribution in [0.5, 0.6) is 0 Å². The summed E-state index contributed by atoms with van der Waals surface area (Å²) in [7, 11) is 0. The van der Waals surface area contributed by atoms with E-state index >= 15 is 0 Å². The van der Waals surface area contributed by atoms with E-state index in [1.807, 2.05) is 30.5 Å². The quantitative estimate of drug-likeness (QED) is 0.709. The van der Waals surface area contributed by atoms with Crippen LogP contribution < -0.4 is 0 Å². The van der Waals surface area contributed by atoms with Gasteiger partial charge in [-0.1, -0.05) is 23.7 Å². The Morgan fingerprint density at radius 3 is 2.69 bits per heavy atom. The van der Waals surface area contributed by atoms with Gasteiger partial charge in [0.2, 0.25) is 0 Å². The van der Waals surface area contributed by atoms with Gasteiger partial charge in [0.05, 0.1) is 0 Å². The van der Waals surface area contributed by atoms with E-state index in [9.17, 15) is 0 Å². The lowest BCUT2D eigenvalue weighted by Crippen LogP contribution is -1.75. The van der Waals surface area contributed by atoms with Gasteiger partial charge in [-0.2, -0.15) is 0 Å². The molecular weight excluding hydrogens is 182 g/mol. The Hall–Kier alpha value is -1.21. The van der Waals surface area contributed by atoms with Crippen LogP contribution in [-0.2, 0) is 0 Å². The third kappa shape index (κ3) is 1.76. The van der Waals surface area contributed by atoms with Crippen molar-refractivity contribution in [3.8, 4) is 11.3 Å². The number of aryl methyl sites for hydroxylation is 1. The summed E-state index contributed by atoms with van der Waals surface area (Å²) in [5.41, 5.74) is 3.47. The smallest absolute Gasteiger partial charge is 0.0457 e. The average molecular weight is 192 g/mol. The minimum atomic E-state index is 0.768. The topological polar surface area (TPSA) is 15.8 Å². The van der Waals surface area contributed by atoms with Crippen LogP contribution in [0.25, 0.3) is 11.3 Å². The van der Waals surface area contributed by atoms with Gasteiger partial charge in [-0.25, -0.2) is 0 Å². The zero-order valence-corrected chi connectivity index (χ0v) is 8.10. The van der Waals surface area contributed by atoms with E-state index < -0.39 is 0 Å². The highest BCUT2D eigenvalue weighted by Gasteiger charge is 1.99. The van der Waals surface area contributed by atoms with E-state index in [0.29, 0.717) is 0 Å². The molecule has 0 aliphatic heterocycles. The van der Waals surface area contributed by atoms with Crippen molar-refractivity contribution in [3.05, 3.63) is 47.1 Å². The van der Waals surface area contributed by atoms with E-state index in [4.69, 9.17) is 11.6 Å². The molecule has 1 aromatic heterocycles. The van der Waals surface area contributed by atoms with Gasteiger partial charge in [0.1, 0.15) is 0 Å². The number of hydrogen-bond acceptors (Lipinski definition) is 0. The van der Waals surface area contributed by atoms with Crippen LogP contribution in [-0.4, -0.2) is 4.98 Å². The van der Waals surface area contributed by atoms with Crippen LogP contribution in [0, 0.1) is 6.92 Å². The van der Waals surface area contributed by atoms with Crippen LogP contribution in [0.2, 0.25) is 5.02 Å². The van der Waals surface area contributed by atoms with Crippen LogP contribution in [0.3, 0.4) is 0 Å². The molecule has 0 radical (unpaired) electrons. The molecule has 13 heavy (non-hydrogen) atoms. The van der Waals surface area contributed by atoms with E-state index in [1.54, 1.807) is 0 Å². The summed E-state index contributed by atoms with van der Waals surface area (Å²) in [6.45, 7) is 2.06. The van der Waals surface area contributed by atoms with Gasteiger partial charge < -0.3 is 4.98 Å². The third-order valence-electron chi connectivity index (χ3n) is 1.96. The number of halogens is 1. The molecule has 0 fully saturated rings. The van der Waals surface area contributed by atoms with Crippen molar-refractivity contribution in [1.29, 1.82) is 0 Å². The van der Waals surface area contributed by atoms with Gasteiger partial charge >= 0.3 is 0 Å². The molecule has 1 N–H and O–H groups in total. The van der Waals surface area contributed by atoms with Crippen molar-refractivity contribution in [2.45, 2.75) is 6.92 Å². The number of rotatable bonds is 1. The fraction of sp³-hybridized carbons (Fsp3) is 0.0909. The molecule has 0 unspecified atom stereocenters. The van der Waals surface area contributed by atoms with E-state index in [0.717, 1.165) is 16.3 Å². The second kappa shape index (κ2) is 3.27. The Morgan fingerprint density at radius 1 is 1.23 bits per heavy atom. The largest absolute Gasteiger partial charge is 0.361 e. The first-order valence-electron chi connectivity index (χ1n) is 4.17. The molecule has 66 valence electrons. The van der Waals surface area contributed by atoms with Crippen molar-refractivity contribution in [2.24, 2.45) is 0 Å². The van der Waals surface area contributed by atoms with Crippen LogP contribution in [0.1, 0.15) is 5.56 Å². The fourth-order valence-electron chi connectivity index (χ4n) is 1.33. The van der Waals surface area contributed by atoms with Gasteiger partial charge in [0, 0.05) is 16.9 Å². The first-order valence-corrected chi connectivity index (χ1v) is 4.54. The molecule has 0 saturated carbocycles. The van der Waals surface area contributed by atoms with Crippen molar-refractivity contribution in [1.82, 2.24) is 4.98 Å². The molecule has 1 heterocycles.